The molecule has 0 aromatic heterocycles. The lowest BCUT2D eigenvalue weighted by Crippen LogP contribution is -2.29. The summed E-state index contributed by atoms with van der Waals surface area (Å²) in [6, 6.07) is 10.1. The molecule has 0 fully saturated rings. The molecule has 0 saturated carbocycles. The normalized spacial score (nSPS) is 14.3. The van der Waals surface area contributed by atoms with Gasteiger partial charge in [0.15, 0.2) is 0 Å². The zero-order valence-electron chi connectivity index (χ0n) is 9.17. The van der Waals surface area contributed by atoms with Crippen LogP contribution in [-0.2, 0) is 11.3 Å². The summed E-state index contributed by atoms with van der Waals surface area (Å²) < 4.78 is 4.64. The van der Waals surface area contributed by atoms with Gasteiger partial charge in [0.1, 0.15) is 6.67 Å². The molecule has 1 aromatic rings. The van der Waals surface area contributed by atoms with Crippen LogP contribution in [0.4, 0.5) is 4.79 Å². The standard InChI is InChI=1S/C12H14N2O2/c1-16-12(15)14-8-7-13(10-14)9-11-5-3-2-4-6-11/h2-8H,9-10H2,1H3. The van der Waals surface area contributed by atoms with Crippen molar-refractivity contribution in [2.45, 2.75) is 6.54 Å². The smallest absolute Gasteiger partial charge is 0.415 e. The van der Waals surface area contributed by atoms with Crippen molar-refractivity contribution in [3.8, 4) is 0 Å². The first-order valence-corrected chi connectivity index (χ1v) is 5.10. The molecule has 2 rings (SSSR count). The Kier molecular flexibility index (Phi) is 3.10. The Balaban J connectivity index is 1.91. The van der Waals surface area contributed by atoms with E-state index < -0.39 is 0 Å². The van der Waals surface area contributed by atoms with E-state index in [2.05, 4.69) is 16.9 Å². The third kappa shape index (κ3) is 2.34. The molecule has 0 atom stereocenters. The average molecular weight is 218 g/mol. The molecule has 0 radical (unpaired) electrons. The van der Waals surface area contributed by atoms with E-state index >= 15 is 0 Å². The molecule has 1 amide bonds. The summed E-state index contributed by atoms with van der Waals surface area (Å²) in [6.07, 6.45) is 3.30. The molecule has 0 N–H and O–H groups in total. The third-order valence-corrected chi connectivity index (χ3v) is 2.43. The van der Waals surface area contributed by atoms with Gasteiger partial charge in [-0.1, -0.05) is 30.3 Å². The highest BCUT2D eigenvalue weighted by Gasteiger charge is 2.18. The lowest BCUT2D eigenvalue weighted by molar-refractivity contribution is 0.131. The Bertz CT molecular complexity index is 389. The maximum atomic E-state index is 11.2. The second kappa shape index (κ2) is 4.70. The molecular weight excluding hydrogens is 204 g/mol. The van der Waals surface area contributed by atoms with Crippen LogP contribution in [0.1, 0.15) is 5.56 Å². The molecule has 0 saturated heterocycles. The highest BCUT2D eigenvalue weighted by molar-refractivity contribution is 5.68. The number of hydrogen-bond donors (Lipinski definition) is 0. The van der Waals surface area contributed by atoms with Gasteiger partial charge in [-0.3, -0.25) is 4.90 Å². The lowest BCUT2D eigenvalue weighted by Gasteiger charge is -2.18. The van der Waals surface area contributed by atoms with Crippen LogP contribution >= 0.6 is 0 Å². The van der Waals surface area contributed by atoms with Crippen LogP contribution in [0, 0.1) is 0 Å². The SMILES string of the molecule is COC(=O)N1C=CN(Cc2ccccc2)C1. The number of carbonyl (C=O) groups is 1. The van der Waals surface area contributed by atoms with Crippen LogP contribution in [0.3, 0.4) is 0 Å². The van der Waals surface area contributed by atoms with Crippen molar-refractivity contribution < 1.29 is 9.53 Å². The predicted molar refractivity (Wildman–Crippen MR) is 60.2 cm³/mol. The molecule has 0 spiro atoms. The van der Waals surface area contributed by atoms with Gasteiger partial charge in [0.05, 0.1) is 7.11 Å². The number of methoxy groups -OCH3 is 1. The van der Waals surface area contributed by atoms with Crippen molar-refractivity contribution in [2.24, 2.45) is 0 Å². The average Bonchev–Trinajstić information content (AvgIpc) is 2.78. The monoisotopic (exact) mass is 218 g/mol. The van der Waals surface area contributed by atoms with Gasteiger partial charge in [0, 0.05) is 18.9 Å². The van der Waals surface area contributed by atoms with Gasteiger partial charge >= 0.3 is 6.09 Å². The summed E-state index contributed by atoms with van der Waals surface area (Å²) in [5.41, 5.74) is 1.22. The Morgan fingerprint density at radius 1 is 1.31 bits per heavy atom. The van der Waals surface area contributed by atoms with E-state index in [4.69, 9.17) is 0 Å². The van der Waals surface area contributed by atoms with Crippen LogP contribution in [0.2, 0.25) is 0 Å². The molecule has 0 unspecified atom stereocenters. The molecular formula is C12H14N2O2. The molecule has 1 aliphatic heterocycles. The minimum absolute atomic E-state index is 0.327. The van der Waals surface area contributed by atoms with Crippen molar-refractivity contribution in [2.75, 3.05) is 13.8 Å². The van der Waals surface area contributed by atoms with Crippen LogP contribution < -0.4 is 0 Å². The van der Waals surface area contributed by atoms with E-state index in [9.17, 15) is 4.79 Å². The molecule has 4 heteroatoms. The number of benzene rings is 1. The van der Waals surface area contributed by atoms with Crippen molar-refractivity contribution in [1.29, 1.82) is 0 Å². The molecule has 4 nitrogen and oxygen atoms in total. The first-order chi connectivity index (χ1) is 7.79. The molecule has 1 aromatic carbocycles. The second-order valence-electron chi connectivity index (χ2n) is 3.61. The molecule has 1 heterocycles. The van der Waals surface area contributed by atoms with Crippen LogP contribution in [-0.4, -0.2) is 29.7 Å². The third-order valence-electron chi connectivity index (χ3n) is 2.43. The van der Waals surface area contributed by atoms with E-state index in [0.29, 0.717) is 6.67 Å². The fourth-order valence-electron chi connectivity index (χ4n) is 1.62. The maximum absolute atomic E-state index is 11.2. The zero-order valence-corrected chi connectivity index (χ0v) is 9.17. The number of nitrogens with zero attached hydrogens (tertiary/aromatic N) is 2. The number of carbonyl (C=O) groups excluding carboxylic acids is 1. The van der Waals surface area contributed by atoms with Gasteiger partial charge in [0.2, 0.25) is 0 Å². The summed E-state index contributed by atoms with van der Waals surface area (Å²) in [7, 11) is 1.38. The molecule has 1 aliphatic rings. The van der Waals surface area contributed by atoms with Crippen molar-refractivity contribution in [3.05, 3.63) is 48.3 Å². The molecule has 84 valence electrons. The number of hydrogen-bond acceptors (Lipinski definition) is 3. The zero-order chi connectivity index (χ0) is 11.4. The molecule has 0 bridgehead atoms. The van der Waals surface area contributed by atoms with Gasteiger partial charge in [-0.15, -0.1) is 0 Å². The summed E-state index contributed by atoms with van der Waals surface area (Å²) in [5.74, 6) is 0. The van der Waals surface area contributed by atoms with Gasteiger partial charge < -0.3 is 9.64 Å². The number of rotatable bonds is 2. The summed E-state index contributed by atoms with van der Waals surface area (Å²) >= 11 is 0. The molecule has 16 heavy (non-hydrogen) atoms. The van der Waals surface area contributed by atoms with Crippen LogP contribution in [0.15, 0.2) is 42.7 Å². The van der Waals surface area contributed by atoms with Crippen molar-refractivity contribution >= 4 is 6.09 Å². The van der Waals surface area contributed by atoms with E-state index in [-0.39, 0.29) is 6.09 Å². The van der Waals surface area contributed by atoms with Crippen molar-refractivity contribution in [3.63, 3.8) is 0 Å². The highest BCUT2D eigenvalue weighted by Crippen LogP contribution is 2.12. The Hall–Kier alpha value is -1.97. The fourth-order valence-corrected chi connectivity index (χ4v) is 1.62. The first-order valence-electron chi connectivity index (χ1n) is 5.10. The second-order valence-corrected chi connectivity index (χ2v) is 3.61. The van der Waals surface area contributed by atoms with Gasteiger partial charge in [-0.25, -0.2) is 4.79 Å². The number of amides is 1. The minimum atomic E-state index is -0.327. The fraction of sp³-hybridized carbons (Fsp3) is 0.250. The summed E-state index contributed by atoms with van der Waals surface area (Å²) in [5, 5.41) is 0. The number of ether oxygens (including phenoxy) is 1. The van der Waals surface area contributed by atoms with E-state index in [1.54, 1.807) is 6.20 Å². The Morgan fingerprint density at radius 2 is 2.06 bits per heavy atom. The topological polar surface area (TPSA) is 32.8 Å². The maximum Gasteiger partial charge on any atom is 0.415 e. The quantitative estimate of drug-likeness (QED) is 0.761. The van der Waals surface area contributed by atoms with E-state index in [1.807, 2.05) is 29.3 Å². The first kappa shape index (κ1) is 10.5. The molecule has 0 aliphatic carbocycles. The highest BCUT2D eigenvalue weighted by atomic mass is 16.5. The Morgan fingerprint density at radius 3 is 2.75 bits per heavy atom. The van der Waals surface area contributed by atoms with Gasteiger partial charge in [0.25, 0.3) is 0 Å². The minimum Gasteiger partial charge on any atom is -0.452 e. The summed E-state index contributed by atoms with van der Waals surface area (Å²) in [6.45, 7) is 1.34. The van der Waals surface area contributed by atoms with Gasteiger partial charge in [-0.2, -0.15) is 0 Å². The lowest BCUT2D eigenvalue weighted by atomic mass is 10.2. The predicted octanol–water partition coefficient (Wildman–Crippen LogP) is 2.00. The Labute approximate surface area is 94.7 Å². The largest absolute Gasteiger partial charge is 0.452 e. The van der Waals surface area contributed by atoms with Crippen molar-refractivity contribution in [1.82, 2.24) is 9.80 Å². The van der Waals surface area contributed by atoms with E-state index in [0.717, 1.165) is 6.54 Å². The van der Waals surface area contributed by atoms with Crippen LogP contribution in [0.5, 0.6) is 0 Å². The van der Waals surface area contributed by atoms with Gasteiger partial charge in [-0.05, 0) is 5.56 Å². The van der Waals surface area contributed by atoms with Crippen LogP contribution in [0.25, 0.3) is 0 Å². The van der Waals surface area contributed by atoms with E-state index in [1.165, 1.54) is 17.6 Å². The summed E-state index contributed by atoms with van der Waals surface area (Å²) in [4.78, 5) is 14.8.